The summed E-state index contributed by atoms with van der Waals surface area (Å²) in [6.07, 6.45) is 0. The molecular weight excluding hydrogens is 110 g/mol. The van der Waals surface area contributed by atoms with Gasteiger partial charge in [-0.2, -0.15) is 12.6 Å². The molecule has 0 spiro atoms. The van der Waals surface area contributed by atoms with E-state index in [1.807, 2.05) is 19.0 Å². The van der Waals surface area contributed by atoms with Crippen LogP contribution in [0.3, 0.4) is 0 Å². The SMILES string of the molecule is CN(C)COCS. The molecule has 0 unspecified atom stereocenters. The summed E-state index contributed by atoms with van der Waals surface area (Å²) in [5.41, 5.74) is 0. The predicted octanol–water partition coefficient (Wildman–Crippen LogP) is 0.409. The van der Waals surface area contributed by atoms with Crippen LogP contribution < -0.4 is 0 Å². The lowest BCUT2D eigenvalue weighted by molar-refractivity contribution is 0.0895. The fraction of sp³-hybridized carbons (Fsp3) is 1.00. The molecule has 44 valence electrons. The van der Waals surface area contributed by atoms with Gasteiger partial charge in [-0.25, -0.2) is 0 Å². The van der Waals surface area contributed by atoms with Gasteiger partial charge in [-0.15, -0.1) is 0 Å². The third-order valence-electron chi connectivity index (χ3n) is 0.441. The summed E-state index contributed by atoms with van der Waals surface area (Å²) >= 11 is 3.85. The van der Waals surface area contributed by atoms with E-state index in [9.17, 15) is 0 Å². The van der Waals surface area contributed by atoms with Gasteiger partial charge in [0.2, 0.25) is 0 Å². The van der Waals surface area contributed by atoms with Crippen LogP contribution in [0.5, 0.6) is 0 Å². The molecule has 0 rings (SSSR count). The zero-order valence-electron chi connectivity index (χ0n) is 4.72. The number of thiol groups is 1. The molecule has 0 aromatic heterocycles. The molecule has 0 atom stereocenters. The Bertz CT molecular complexity index is 40.7. The summed E-state index contributed by atoms with van der Waals surface area (Å²) in [7, 11) is 3.90. The average molecular weight is 121 g/mol. The Morgan fingerprint density at radius 1 is 1.57 bits per heavy atom. The van der Waals surface area contributed by atoms with Gasteiger partial charge in [0.15, 0.2) is 0 Å². The van der Waals surface area contributed by atoms with Crippen LogP contribution in [-0.4, -0.2) is 31.7 Å². The van der Waals surface area contributed by atoms with E-state index in [1.54, 1.807) is 0 Å². The zero-order chi connectivity index (χ0) is 5.70. The Morgan fingerprint density at radius 2 is 2.14 bits per heavy atom. The quantitative estimate of drug-likeness (QED) is 0.429. The Morgan fingerprint density at radius 3 is 2.29 bits per heavy atom. The van der Waals surface area contributed by atoms with Gasteiger partial charge in [-0.05, 0) is 14.1 Å². The van der Waals surface area contributed by atoms with Crippen molar-refractivity contribution in [3.63, 3.8) is 0 Å². The highest BCUT2D eigenvalue weighted by atomic mass is 32.1. The minimum Gasteiger partial charge on any atom is -0.356 e. The van der Waals surface area contributed by atoms with Gasteiger partial charge < -0.3 is 4.74 Å². The summed E-state index contributed by atoms with van der Waals surface area (Å²) in [5, 5.41) is 0. The van der Waals surface area contributed by atoms with Gasteiger partial charge in [0, 0.05) is 0 Å². The lowest BCUT2D eigenvalue weighted by Crippen LogP contribution is -2.15. The first-order chi connectivity index (χ1) is 3.27. The molecule has 0 fully saturated rings. The highest BCUT2D eigenvalue weighted by molar-refractivity contribution is 7.80. The van der Waals surface area contributed by atoms with Crippen LogP contribution in [0.2, 0.25) is 0 Å². The topological polar surface area (TPSA) is 12.5 Å². The Labute approximate surface area is 49.9 Å². The molecule has 0 bridgehead atoms. The van der Waals surface area contributed by atoms with Crippen molar-refractivity contribution in [2.45, 2.75) is 0 Å². The molecule has 0 radical (unpaired) electrons. The molecule has 3 heteroatoms. The van der Waals surface area contributed by atoms with Gasteiger partial charge in [-0.1, -0.05) is 0 Å². The van der Waals surface area contributed by atoms with E-state index in [1.165, 1.54) is 0 Å². The van der Waals surface area contributed by atoms with Crippen molar-refractivity contribution >= 4 is 12.6 Å². The van der Waals surface area contributed by atoms with Crippen LogP contribution in [0.4, 0.5) is 0 Å². The van der Waals surface area contributed by atoms with E-state index < -0.39 is 0 Å². The summed E-state index contributed by atoms with van der Waals surface area (Å²) < 4.78 is 4.89. The van der Waals surface area contributed by atoms with Crippen LogP contribution in [0.15, 0.2) is 0 Å². The maximum Gasteiger partial charge on any atom is 0.0996 e. The molecule has 0 aromatic carbocycles. The lowest BCUT2D eigenvalue weighted by atomic mass is 10.9. The minimum absolute atomic E-state index is 0.498. The van der Waals surface area contributed by atoms with Crippen molar-refractivity contribution in [2.24, 2.45) is 0 Å². The van der Waals surface area contributed by atoms with Gasteiger partial charge in [-0.3, -0.25) is 4.90 Å². The van der Waals surface area contributed by atoms with Crippen LogP contribution in [0.25, 0.3) is 0 Å². The zero-order valence-corrected chi connectivity index (χ0v) is 5.61. The second kappa shape index (κ2) is 4.43. The standard InChI is InChI=1S/C4H11NOS/c1-5(2)3-6-4-7/h7H,3-4H2,1-2H3. The van der Waals surface area contributed by atoms with Crippen molar-refractivity contribution in [1.29, 1.82) is 0 Å². The van der Waals surface area contributed by atoms with Gasteiger partial charge in [0.25, 0.3) is 0 Å². The molecule has 0 aromatic rings. The fourth-order valence-electron chi connectivity index (χ4n) is 0.223. The van der Waals surface area contributed by atoms with Crippen molar-refractivity contribution in [3.05, 3.63) is 0 Å². The number of nitrogens with zero attached hydrogens (tertiary/aromatic N) is 1. The molecule has 0 amide bonds. The van der Waals surface area contributed by atoms with Crippen LogP contribution in [0.1, 0.15) is 0 Å². The fourth-order valence-corrected chi connectivity index (χ4v) is 0.305. The second-order valence-electron chi connectivity index (χ2n) is 1.54. The normalized spacial score (nSPS) is 10.3. The molecule has 0 aliphatic carbocycles. The van der Waals surface area contributed by atoms with Crippen molar-refractivity contribution in [3.8, 4) is 0 Å². The van der Waals surface area contributed by atoms with E-state index in [2.05, 4.69) is 12.6 Å². The highest BCUT2D eigenvalue weighted by Crippen LogP contribution is 1.78. The Balaban J connectivity index is 2.68. The minimum atomic E-state index is 0.498. The third-order valence-corrected chi connectivity index (χ3v) is 0.623. The maximum absolute atomic E-state index is 4.89. The van der Waals surface area contributed by atoms with Crippen molar-refractivity contribution < 1.29 is 4.74 Å². The number of rotatable bonds is 3. The van der Waals surface area contributed by atoms with Crippen molar-refractivity contribution in [2.75, 3.05) is 26.8 Å². The first-order valence-electron chi connectivity index (χ1n) is 2.10. The summed E-state index contributed by atoms with van der Waals surface area (Å²) in [6, 6.07) is 0. The monoisotopic (exact) mass is 121 g/mol. The molecule has 0 saturated heterocycles. The highest BCUT2D eigenvalue weighted by Gasteiger charge is 1.82. The van der Waals surface area contributed by atoms with Crippen LogP contribution in [0, 0.1) is 0 Å². The molecule has 2 nitrogen and oxygen atoms in total. The van der Waals surface area contributed by atoms with E-state index in [-0.39, 0.29) is 0 Å². The van der Waals surface area contributed by atoms with Crippen LogP contribution >= 0.6 is 12.6 Å². The second-order valence-corrected chi connectivity index (χ2v) is 1.80. The first kappa shape index (κ1) is 7.27. The van der Waals surface area contributed by atoms with E-state index in [0.717, 1.165) is 0 Å². The maximum atomic E-state index is 4.89. The number of hydrogen-bond donors (Lipinski definition) is 1. The molecular formula is C4H11NOS. The molecule has 0 saturated carbocycles. The van der Waals surface area contributed by atoms with Gasteiger partial charge in [0.05, 0.1) is 12.7 Å². The Kier molecular flexibility index (Phi) is 4.60. The largest absolute Gasteiger partial charge is 0.356 e. The predicted molar refractivity (Wildman–Crippen MR) is 33.5 cm³/mol. The van der Waals surface area contributed by atoms with E-state index in [0.29, 0.717) is 12.7 Å². The molecule has 0 aliphatic heterocycles. The lowest BCUT2D eigenvalue weighted by Gasteiger charge is -2.06. The molecule has 0 aliphatic rings. The van der Waals surface area contributed by atoms with Crippen molar-refractivity contribution in [1.82, 2.24) is 4.90 Å². The molecule has 0 N–H and O–H groups in total. The van der Waals surface area contributed by atoms with Crippen LogP contribution in [-0.2, 0) is 4.74 Å². The van der Waals surface area contributed by atoms with Gasteiger partial charge >= 0.3 is 0 Å². The number of hydrogen-bond acceptors (Lipinski definition) is 3. The van der Waals surface area contributed by atoms with Gasteiger partial charge in [0.1, 0.15) is 0 Å². The smallest absolute Gasteiger partial charge is 0.0996 e. The van der Waals surface area contributed by atoms with E-state index in [4.69, 9.17) is 4.74 Å². The molecule has 7 heavy (non-hydrogen) atoms. The molecule has 0 heterocycles. The van der Waals surface area contributed by atoms with E-state index >= 15 is 0 Å². The first-order valence-corrected chi connectivity index (χ1v) is 2.74. The Hall–Kier alpha value is 0.270. The summed E-state index contributed by atoms with van der Waals surface area (Å²) in [6.45, 7) is 0.656. The third kappa shape index (κ3) is 6.27. The number of ether oxygens (including phenoxy) is 1. The summed E-state index contributed by atoms with van der Waals surface area (Å²) in [5.74, 6) is 0.498. The summed E-state index contributed by atoms with van der Waals surface area (Å²) in [4.78, 5) is 1.94. The average Bonchev–Trinajstić information content (AvgIpc) is 1.61.